The number of benzene rings is 1. The SMILES string of the molecule is CCC(Sc1nc(C)c(Cc2ccc(C(C)(C)C)cc2)c(=O)n1C)C(=O)NCCOC. The van der Waals surface area contributed by atoms with E-state index in [9.17, 15) is 9.59 Å². The molecule has 0 fully saturated rings. The van der Waals surface area contributed by atoms with E-state index >= 15 is 0 Å². The Bertz CT molecular complexity index is 946. The summed E-state index contributed by atoms with van der Waals surface area (Å²) in [5, 5.41) is 3.11. The Kier molecular flexibility index (Phi) is 8.89. The number of aromatic nitrogens is 2. The summed E-state index contributed by atoms with van der Waals surface area (Å²) in [7, 11) is 3.32. The first-order chi connectivity index (χ1) is 14.6. The fourth-order valence-corrected chi connectivity index (χ4v) is 4.25. The standard InChI is InChI=1S/C24H35N3O3S/c1-8-20(21(28)25-13-14-30-7)31-23-26-16(2)19(22(29)27(23)6)15-17-9-11-18(12-10-17)24(3,4)5/h9-12,20H,8,13-15H2,1-7H3,(H,25,28). The first kappa shape index (κ1) is 25.1. The highest BCUT2D eigenvalue weighted by Gasteiger charge is 2.22. The Morgan fingerprint density at radius 1 is 1.26 bits per heavy atom. The normalized spacial score (nSPS) is 12.6. The first-order valence-corrected chi connectivity index (χ1v) is 11.6. The van der Waals surface area contributed by atoms with Crippen molar-refractivity contribution in [3.8, 4) is 0 Å². The van der Waals surface area contributed by atoms with Crippen LogP contribution in [0.4, 0.5) is 0 Å². The summed E-state index contributed by atoms with van der Waals surface area (Å²) in [6, 6.07) is 8.42. The number of carbonyl (C=O) groups is 1. The fraction of sp³-hybridized carbons (Fsp3) is 0.542. The molecule has 1 N–H and O–H groups in total. The third kappa shape index (κ3) is 6.68. The molecule has 31 heavy (non-hydrogen) atoms. The maximum Gasteiger partial charge on any atom is 0.257 e. The molecule has 0 aliphatic heterocycles. The molecule has 1 aromatic heterocycles. The van der Waals surface area contributed by atoms with Crippen LogP contribution in [0.3, 0.4) is 0 Å². The van der Waals surface area contributed by atoms with Crippen molar-refractivity contribution in [2.45, 2.75) is 63.3 Å². The van der Waals surface area contributed by atoms with E-state index in [1.807, 2.05) is 13.8 Å². The van der Waals surface area contributed by atoms with Crippen LogP contribution < -0.4 is 10.9 Å². The Balaban J connectivity index is 2.22. The van der Waals surface area contributed by atoms with E-state index in [4.69, 9.17) is 4.74 Å². The average Bonchev–Trinajstić information content (AvgIpc) is 2.72. The molecule has 0 saturated heterocycles. The number of methoxy groups -OCH3 is 1. The summed E-state index contributed by atoms with van der Waals surface area (Å²) in [4.78, 5) is 30.2. The number of ether oxygens (including phenoxy) is 1. The van der Waals surface area contributed by atoms with Crippen LogP contribution in [0.1, 0.15) is 56.5 Å². The zero-order chi connectivity index (χ0) is 23.2. The summed E-state index contributed by atoms with van der Waals surface area (Å²) in [5.41, 5.74) is 3.77. The molecule has 2 rings (SSSR count). The maximum absolute atomic E-state index is 13.1. The molecular formula is C24H35N3O3S. The minimum Gasteiger partial charge on any atom is -0.383 e. The topological polar surface area (TPSA) is 73.2 Å². The van der Waals surface area contributed by atoms with Crippen LogP contribution in [0, 0.1) is 6.92 Å². The number of amides is 1. The van der Waals surface area contributed by atoms with E-state index < -0.39 is 0 Å². The third-order valence-electron chi connectivity index (χ3n) is 5.27. The lowest BCUT2D eigenvalue weighted by molar-refractivity contribution is -0.120. The minimum atomic E-state index is -0.315. The summed E-state index contributed by atoms with van der Waals surface area (Å²) >= 11 is 1.33. The van der Waals surface area contributed by atoms with Crippen molar-refractivity contribution in [2.75, 3.05) is 20.3 Å². The molecule has 6 nitrogen and oxygen atoms in total. The van der Waals surface area contributed by atoms with Gasteiger partial charge in [0.1, 0.15) is 0 Å². The van der Waals surface area contributed by atoms with Crippen LogP contribution >= 0.6 is 11.8 Å². The Morgan fingerprint density at radius 3 is 2.45 bits per heavy atom. The second-order valence-electron chi connectivity index (χ2n) is 8.74. The predicted molar refractivity (Wildman–Crippen MR) is 127 cm³/mol. The molecule has 0 aliphatic carbocycles. The van der Waals surface area contributed by atoms with E-state index in [1.165, 1.54) is 17.3 Å². The predicted octanol–water partition coefficient (Wildman–Crippen LogP) is 3.61. The summed E-state index contributed by atoms with van der Waals surface area (Å²) in [6.45, 7) is 11.3. The van der Waals surface area contributed by atoms with Crippen molar-refractivity contribution in [1.82, 2.24) is 14.9 Å². The van der Waals surface area contributed by atoms with Crippen molar-refractivity contribution >= 4 is 17.7 Å². The second kappa shape index (κ2) is 11.0. The van der Waals surface area contributed by atoms with Gasteiger partial charge in [-0.25, -0.2) is 4.98 Å². The monoisotopic (exact) mass is 445 g/mol. The molecule has 0 aliphatic rings. The molecule has 1 heterocycles. The number of rotatable bonds is 9. The van der Waals surface area contributed by atoms with Crippen LogP contribution in [0.2, 0.25) is 0 Å². The van der Waals surface area contributed by atoms with Gasteiger partial charge in [0.2, 0.25) is 5.91 Å². The van der Waals surface area contributed by atoms with E-state index in [-0.39, 0.29) is 22.1 Å². The smallest absolute Gasteiger partial charge is 0.257 e. The number of thioether (sulfide) groups is 1. The lowest BCUT2D eigenvalue weighted by atomic mass is 9.86. The van der Waals surface area contributed by atoms with Gasteiger partial charge < -0.3 is 10.1 Å². The molecule has 0 spiro atoms. The highest BCUT2D eigenvalue weighted by atomic mass is 32.2. The number of aryl methyl sites for hydroxylation is 1. The quantitative estimate of drug-likeness (QED) is 0.363. The third-order valence-corrected chi connectivity index (χ3v) is 6.67. The van der Waals surface area contributed by atoms with Gasteiger partial charge in [-0.15, -0.1) is 0 Å². The van der Waals surface area contributed by atoms with Crippen molar-refractivity contribution in [2.24, 2.45) is 7.05 Å². The van der Waals surface area contributed by atoms with Gasteiger partial charge in [0, 0.05) is 38.4 Å². The van der Waals surface area contributed by atoms with Crippen LogP contribution in [0.25, 0.3) is 0 Å². The number of nitrogens with zero attached hydrogens (tertiary/aromatic N) is 2. The largest absolute Gasteiger partial charge is 0.383 e. The van der Waals surface area contributed by atoms with Crippen LogP contribution in [0.5, 0.6) is 0 Å². The van der Waals surface area contributed by atoms with Gasteiger partial charge in [-0.05, 0) is 29.9 Å². The van der Waals surface area contributed by atoms with Gasteiger partial charge in [0.05, 0.1) is 11.9 Å². The van der Waals surface area contributed by atoms with E-state index in [0.29, 0.717) is 42.4 Å². The number of nitrogens with one attached hydrogen (secondary N) is 1. The first-order valence-electron chi connectivity index (χ1n) is 10.7. The van der Waals surface area contributed by atoms with Crippen molar-refractivity contribution in [1.29, 1.82) is 0 Å². The zero-order valence-electron chi connectivity index (χ0n) is 19.7. The number of carbonyl (C=O) groups excluding carboxylic acids is 1. The van der Waals surface area contributed by atoms with Crippen molar-refractivity contribution in [3.63, 3.8) is 0 Å². The maximum atomic E-state index is 13.1. The van der Waals surface area contributed by atoms with E-state index in [0.717, 1.165) is 5.56 Å². The van der Waals surface area contributed by atoms with Gasteiger partial charge in [0.15, 0.2) is 5.16 Å². The molecule has 7 heteroatoms. The Morgan fingerprint density at radius 2 is 1.90 bits per heavy atom. The van der Waals surface area contributed by atoms with Crippen molar-refractivity contribution < 1.29 is 9.53 Å². The number of hydrogen-bond donors (Lipinski definition) is 1. The highest BCUT2D eigenvalue weighted by molar-refractivity contribution is 8.00. The molecule has 1 atom stereocenters. The van der Waals surface area contributed by atoms with Gasteiger partial charge in [0.25, 0.3) is 5.56 Å². The molecule has 1 aromatic carbocycles. The van der Waals surface area contributed by atoms with Gasteiger partial charge in [-0.1, -0.05) is 63.7 Å². The van der Waals surface area contributed by atoms with Gasteiger partial charge >= 0.3 is 0 Å². The number of hydrogen-bond acceptors (Lipinski definition) is 5. The molecule has 2 aromatic rings. The summed E-state index contributed by atoms with van der Waals surface area (Å²) < 4.78 is 6.54. The Hall–Kier alpha value is -2.12. The van der Waals surface area contributed by atoms with Crippen molar-refractivity contribution in [3.05, 3.63) is 57.0 Å². The van der Waals surface area contributed by atoms with E-state index in [2.05, 4.69) is 55.3 Å². The zero-order valence-corrected chi connectivity index (χ0v) is 20.6. The van der Waals surface area contributed by atoms with E-state index in [1.54, 1.807) is 18.7 Å². The van der Waals surface area contributed by atoms with Gasteiger partial charge in [-0.2, -0.15) is 0 Å². The molecule has 170 valence electrons. The summed E-state index contributed by atoms with van der Waals surface area (Å²) in [5.74, 6) is -0.0699. The highest BCUT2D eigenvalue weighted by Crippen LogP contribution is 2.25. The minimum absolute atomic E-state index is 0.0652. The molecule has 0 radical (unpaired) electrons. The van der Waals surface area contributed by atoms with Gasteiger partial charge in [-0.3, -0.25) is 14.2 Å². The van der Waals surface area contributed by atoms with Crippen LogP contribution in [0.15, 0.2) is 34.2 Å². The molecular weight excluding hydrogens is 410 g/mol. The second-order valence-corrected chi connectivity index (χ2v) is 9.91. The van der Waals surface area contributed by atoms with Crippen LogP contribution in [-0.4, -0.2) is 41.0 Å². The summed E-state index contributed by atoms with van der Waals surface area (Å²) in [6.07, 6.45) is 1.18. The molecule has 1 unspecified atom stereocenters. The molecule has 0 bridgehead atoms. The fourth-order valence-electron chi connectivity index (χ4n) is 3.21. The lowest BCUT2D eigenvalue weighted by Crippen LogP contribution is -2.35. The molecule has 1 amide bonds. The molecule has 0 saturated carbocycles. The lowest BCUT2D eigenvalue weighted by Gasteiger charge is -2.19. The van der Waals surface area contributed by atoms with Crippen LogP contribution in [-0.2, 0) is 28.4 Å². The Labute approximate surface area is 189 Å². The average molecular weight is 446 g/mol.